The number of hydrogen-bond acceptors (Lipinski definition) is 3. The van der Waals surface area contributed by atoms with Crippen LogP contribution in [-0.4, -0.2) is 29.1 Å². The third-order valence-corrected chi connectivity index (χ3v) is 4.57. The Morgan fingerprint density at radius 3 is 1.62 bits per heavy atom. The van der Waals surface area contributed by atoms with E-state index >= 15 is 0 Å². The first-order chi connectivity index (χ1) is 6.24. The van der Waals surface area contributed by atoms with Crippen LogP contribution in [0.1, 0.15) is 33.6 Å². The van der Waals surface area contributed by atoms with Gasteiger partial charge in [-0.15, -0.1) is 0 Å². The smallest absolute Gasteiger partial charge is 0.377 e. The highest BCUT2D eigenvalue weighted by Crippen LogP contribution is 2.14. The van der Waals surface area contributed by atoms with Gasteiger partial charge in [0, 0.05) is 26.4 Å². The fraction of sp³-hybridized carbons (Fsp3) is 1.00. The van der Waals surface area contributed by atoms with Gasteiger partial charge >= 0.3 is 8.80 Å². The molecule has 0 atom stereocenters. The Balaban J connectivity index is 3.97. The van der Waals surface area contributed by atoms with Gasteiger partial charge in [-0.1, -0.05) is 20.8 Å². The molecule has 0 aromatic carbocycles. The molecule has 0 amide bonds. The van der Waals surface area contributed by atoms with Crippen LogP contribution in [-0.2, 0) is 13.3 Å². The van der Waals surface area contributed by atoms with E-state index in [1.165, 1.54) is 0 Å². The molecular formula is C9H22O3Si. The Bertz CT molecular complexity index is 105. The summed E-state index contributed by atoms with van der Waals surface area (Å²) in [5, 5.41) is 0. The summed E-state index contributed by atoms with van der Waals surface area (Å²) in [5.74, 6) is 0. The molecule has 0 rings (SSSR count). The van der Waals surface area contributed by atoms with E-state index in [4.69, 9.17) is 13.3 Å². The summed E-state index contributed by atoms with van der Waals surface area (Å²) in [6.07, 6.45) is 2.02. The van der Waals surface area contributed by atoms with Crippen molar-refractivity contribution >= 4 is 8.80 Å². The molecule has 0 bridgehead atoms. The second-order valence-corrected chi connectivity index (χ2v) is 6.00. The van der Waals surface area contributed by atoms with Gasteiger partial charge in [-0.25, -0.2) is 0 Å². The van der Waals surface area contributed by atoms with Gasteiger partial charge in [0.25, 0.3) is 0 Å². The van der Waals surface area contributed by atoms with Crippen molar-refractivity contribution in [2.24, 2.45) is 0 Å². The molecule has 3 nitrogen and oxygen atoms in total. The largest absolute Gasteiger partial charge is 0.500 e. The van der Waals surface area contributed by atoms with Gasteiger partial charge in [-0.3, -0.25) is 0 Å². The van der Waals surface area contributed by atoms with E-state index in [0.29, 0.717) is 0 Å². The Kier molecular flexibility index (Phi) is 7.55. The predicted molar refractivity (Wildman–Crippen MR) is 55.7 cm³/mol. The van der Waals surface area contributed by atoms with Crippen molar-refractivity contribution < 1.29 is 13.3 Å². The standard InChI is InChI=1S/C9H22O3Si/c1-5-8-11-13(7-3,10-4)12-9-6-2/h5-9H2,1-4H3. The zero-order valence-corrected chi connectivity index (χ0v) is 10.3. The molecule has 0 aliphatic heterocycles. The Morgan fingerprint density at radius 1 is 0.923 bits per heavy atom. The minimum atomic E-state index is -2.29. The van der Waals surface area contributed by atoms with Crippen LogP contribution in [0.4, 0.5) is 0 Å². The maximum absolute atomic E-state index is 5.67. The SMILES string of the molecule is CCCO[Si](CC)(OC)OCCC. The van der Waals surface area contributed by atoms with Crippen LogP contribution in [0.2, 0.25) is 6.04 Å². The third kappa shape index (κ3) is 4.76. The number of hydrogen-bond donors (Lipinski definition) is 0. The van der Waals surface area contributed by atoms with Crippen molar-refractivity contribution in [3.63, 3.8) is 0 Å². The Labute approximate surface area is 82.8 Å². The van der Waals surface area contributed by atoms with Crippen LogP contribution in [0.25, 0.3) is 0 Å². The van der Waals surface area contributed by atoms with Crippen molar-refractivity contribution in [2.45, 2.75) is 39.7 Å². The molecule has 0 saturated carbocycles. The van der Waals surface area contributed by atoms with Crippen LogP contribution >= 0.6 is 0 Å². The van der Waals surface area contributed by atoms with Gasteiger partial charge in [0.2, 0.25) is 0 Å². The molecule has 0 saturated heterocycles. The second-order valence-electron chi connectivity index (χ2n) is 2.94. The van der Waals surface area contributed by atoms with Gasteiger partial charge in [0.15, 0.2) is 0 Å². The van der Waals surface area contributed by atoms with E-state index in [-0.39, 0.29) is 0 Å². The van der Waals surface area contributed by atoms with Gasteiger partial charge < -0.3 is 13.3 Å². The predicted octanol–water partition coefficient (Wildman–Crippen LogP) is 2.44. The maximum atomic E-state index is 5.67. The first-order valence-electron chi connectivity index (χ1n) is 5.07. The zero-order chi connectivity index (χ0) is 10.2. The summed E-state index contributed by atoms with van der Waals surface area (Å²) < 4.78 is 16.7. The highest BCUT2D eigenvalue weighted by atomic mass is 28.4. The first kappa shape index (κ1) is 13.1. The monoisotopic (exact) mass is 206 g/mol. The molecule has 0 aliphatic carbocycles. The van der Waals surface area contributed by atoms with Gasteiger partial charge in [0.05, 0.1) is 0 Å². The first-order valence-corrected chi connectivity index (χ1v) is 7.00. The Morgan fingerprint density at radius 2 is 1.38 bits per heavy atom. The lowest BCUT2D eigenvalue weighted by molar-refractivity contribution is 0.0787. The minimum absolute atomic E-state index is 0.734. The molecule has 0 aromatic rings. The molecule has 80 valence electrons. The summed E-state index contributed by atoms with van der Waals surface area (Å²) in [7, 11) is -0.604. The Hall–Kier alpha value is 0.0969. The average molecular weight is 206 g/mol. The lowest BCUT2D eigenvalue weighted by Gasteiger charge is -2.26. The summed E-state index contributed by atoms with van der Waals surface area (Å²) >= 11 is 0. The summed E-state index contributed by atoms with van der Waals surface area (Å²) in [4.78, 5) is 0. The van der Waals surface area contributed by atoms with E-state index in [1.54, 1.807) is 7.11 Å². The van der Waals surface area contributed by atoms with Crippen molar-refractivity contribution in [3.8, 4) is 0 Å². The molecule has 0 unspecified atom stereocenters. The van der Waals surface area contributed by atoms with Crippen LogP contribution in [0.15, 0.2) is 0 Å². The van der Waals surface area contributed by atoms with Crippen LogP contribution in [0.3, 0.4) is 0 Å². The maximum Gasteiger partial charge on any atom is 0.500 e. The van der Waals surface area contributed by atoms with Crippen LogP contribution in [0, 0.1) is 0 Å². The highest BCUT2D eigenvalue weighted by Gasteiger charge is 2.37. The summed E-state index contributed by atoms with van der Waals surface area (Å²) in [6, 6.07) is 0.851. The van der Waals surface area contributed by atoms with Gasteiger partial charge in [-0.2, -0.15) is 0 Å². The van der Waals surface area contributed by atoms with Crippen LogP contribution in [0.5, 0.6) is 0 Å². The lowest BCUT2D eigenvalue weighted by atomic mass is 10.5. The molecule has 0 spiro atoms. The molecule has 0 N–H and O–H groups in total. The van der Waals surface area contributed by atoms with E-state index in [9.17, 15) is 0 Å². The second kappa shape index (κ2) is 7.50. The zero-order valence-electron chi connectivity index (χ0n) is 9.26. The topological polar surface area (TPSA) is 27.7 Å². The molecule has 4 heteroatoms. The van der Waals surface area contributed by atoms with Crippen molar-refractivity contribution in [1.29, 1.82) is 0 Å². The third-order valence-electron chi connectivity index (χ3n) is 1.80. The summed E-state index contributed by atoms with van der Waals surface area (Å²) in [5.41, 5.74) is 0. The van der Waals surface area contributed by atoms with Crippen molar-refractivity contribution in [3.05, 3.63) is 0 Å². The fourth-order valence-electron chi connectivity index (χ4n) is 1.02. The van der Waals surface area contributed by atoms with Gasteiger partial charge in [-0.05, 0) is 12.8 Å². The van der Waals surface area contributed by atoms with E-state index in [0.717, 1.165) is 32.1 Å². The average Bonchev–Trinajstić information content (AvgIpc) is 2.20. The highest BCUT2D eigenvalue weighted by molar-refractivity contribution is 6.60. The molecule has 0 radical (unpaired) electrons. The quantitative estimate of drug-likeness (QED) is 0.571. The summed E-state index contributed by atoms with van der Waals surface area (Å²) in [6.45, 7) is 7.70. The van der Waals surface area contributed by atoms with Crippen molar-refractivity contribution in [1.82, 2.24) is 0 Å². The fourth-order valence-corrected chi connectivity index (χ4v) is 3.07. The van der Waals surface area contributed by atoms with Crippen molar-refractivity contribution in [2.75, 3.05) is 20.3 Å². The van der Waals surface area contributed by atoms with E-state index in [2.05, 4.69) is 20.8 Å². The number of rotatable bonds is 8. The minimum Gasteiger partial charge on any atom is -0.377 e. The molecule has 0 heterocycles. The molecule has 0 fully saturated rings. The lowest BCUT2D eigenvalue weighted by Crippen LogP contribution is -2.44. The normalized spacial score (nSPS) is 12.0. The molecule has 0 aromatic heterocycles. The van der Waals surface area contributed by atoms with E-state index in [1.807, 2.05) is 0 Å². The van der Waals surface area contributed by atoms with Crippen LogP contribution < -0.4 is 0 Å². The molecule has 13 heavy (non-hydrogen) atoms. The van der Waals surface area contributed by atoms with E-state index < -0.39 is 8.80 Å². The molecular weight excluding hydrogens is 184 g/mol. The van der Waals surface area contributed by atoms with Gasteiger partial charge in [0.1, 0.15) is 0 Å². The molecule has 0 aliphatic rings.